The Morgan fingerprint density at radius 1 is 1.29 bits per heavy atom. The largest absolute Gasteiger partial charge is 0.383 e. The average Bonchev–Trinajstić information content (AvgIpc) is 2.21. The van der Waals surface area contributed by atoms with Gasteiger partial charge in [-0.15, -0.1) is 0 Å². The normalized spacial score (nSPS) is 11.9. The highest BCUT2D eigenvalue weighted by Gasteiger charge is 2.40. The van der Waals surface area contributed by atoms with E-state index < -0.39 is 18.9 Å². The summed E-state index contributed by atoms with van der Waals surface area (Å²) in [6.45, 7) is 1.82. The van der Waals surface area contributed by atoms with E-state index in [4.69, 9.17) is 5.73 Å². The molecule has 1 rings (SSSR count). The van der Waals surface area contributed by atoms with Crippen LogP contribution in [0.2, 0.25) is 0 Å². The highest BCUT2D eigenvalue weighted by Crippen LogP contribution is 2.24. The summed E-state index contributed by atoms with van der Waals surface area (Å²) in [6.07, 6.45) is -3.73. The van der Waals surface area contributed by atoms with E-state index in [2.05, 4.69) is 15.3 Å². The Labute approximate surface area is 95.2 Å². The fourth-order valence-corrected chi connectivity index (χ4v) is 1.10. The number of nitrogens with two attached hydrogens (primary N) is 1. The summed E-state index contributed by atoms with van der Waals surface area (Å²) in [4.78, 5) is 7.62. The molecule has 0 aliphatic heterocycles. The molecular formula is C9H12F4N4. The van der Waals surface area contributed by atoms with Crippen molar-refractivity contribution in [1.82, 2.24) is 9.97 Å². The SMILES string of the molecule is Cc1nc(N)c(C)c(NCC(F)(F)C(F)F)n1. The Kier molecular flexibility index (Phi) is 3.74. The summed E-state index contributed by atoms with van der Waals surface area (Å²) in [6, 6.07) is 0. The van der Waals surface area contributed by atoms with Gasteiger partial charge in [-0.2, -0.15) is 8.78 Å². The molecule has 0 fully saturated rings. The van der Waals surface area contributed by atoms with Crippen molar-refractivity contribution in [3.63, 3.8) is 0 Å². The quantitative estimate of drug-likeness (QED) is 0.804. The van der Waals surface area contributed by atoms with Crippen molar-refractivity contribution in [2.24, 2.45) is 0 Å². The average molecular weight is 252 g/mol. The molecule has 0 saturated carbocycles. The van der Waals surface area contributed by atoms with Crippen molar-refractivity contribution in [3.8, 4) is 0 Å². The predicted octanol–water partition coefficient (Wildman–Crippen LogP) is 1.99. The second-order valence-corrected chi connectivity index (χ2v) is 3.54. The van der Waals surface area contributed by atoms with Crippen LogP contribution in [0.3, 0.4) is 0 Å². The van der Waals surface area contributed by atoms with E-state index in [1.165, 1.54) is 13.8 Å². The summed E-state index contributed by atoms with van der Waals surface area (Å²) in [7, 11) is 0. The lowest BCUT2D eigenvalue weighted by atomic mass is 10.3. The molecule has 0 spiro atoms. The fourth-order valence-electron chi connectivity index (χ4n) is 1.10. The topological polar surface area (TPSA) is 63.8 Å². The van der Waals surface area contributed by atoms with Crippen LogP contribution in [0.5, 0.6) is 0 Å². The van der Waals surface area contributed by atoms with Gasteiger partial charge in [0.2, 0.25) is 0 Å². The number of anilines is 2. The van der Waals surface area contributed by atoms with E-state index in [1.54, 1.807) is 0 Å². The van der Waals surface area contributed by atoms with Crippen molar-refractivity contribution in [1.29, 1.82) is 0 Å². The first-order valence-corrected chi connectivity index (χ1v) is 4.74. The molecule has 3 N–H and O–H groups in total. The number of aryl methyl sites for hydroxylation is 1. The van der Waals surface area contributed by atoms with Crippen LogP contribution < -0.4 is 11.1 Å². The molecule has 4 nitrogen and oxygen atoms in total. The maximum atomic E-state index is 12.7. The van der Waals surface area contributed by atoms with Crippen LogP contribution >= 0.6 is 0 Å². The molecule has 0 unspecified atom stereocenters. The summed E-state index contributed by atoms with van der Waals surface area (Å²) < 4.78 is 49.2. The number of nitrogens with zero attached hydrogens (tertiary/aromatic N) is 2. The number of hydrogen-bond acceptors (Lipinski definition) is 4. The fraction of sp³-hybridized carbons (Fsp3) is 0.556. The van der Waals surface area contributed by atoms with Gasteiger partial charge >= 0.3 is 12.3 Å². The van der Waals surface area contributed by atoms with Gasteiger partial charge in [0.15, 0.2) is 0 Å². The smallest absolute Gasteiger partial charge is 0.324 e. The summed E-state index contributed by atoms with van der Waals surface area (Å²) in [5, 5.41) is 2.16. The molecule has 96 valence electrons. The van der Waals surface area contributed by atoms with Gasteiger partial charge < -0.3 is 11.1 Å². The van der Waals surface area contributed by atoms with Gasteiger partial charge in [0, 0.05) is 5.56 Å². The molecule has 0 aromatic carbocycles. The van der Waals surface area contributed by atoms with E-state index in [0.717, 1.165) is 0 Å². The Balaban J connectivity index is 2.83. The first kappa shape index (κ1) is 13.5. The third kappa shape index (κ3) is 3.18. The van der Waals surface area contributed by atoms with Gasteiger partial charge in [0.25, 0.3) is 0 Å². The van der Waals surface area contributed by atoms with Crippen LogP contribution in [0.25, 0.3) is 0 Å². The molecule has 0 aliphatic carbocycles. The van der Waals surface area contributed by atoms with Crippen molar-refractivity contribution >= 4 is 11.6 Å². The number of nitrogens with one attached hydrogen (secondary N) is 1. The number of rotatable bonds is 4. The molecule has 0 atom stereocenters. The second-order valence-electron chi connectivity index (χ2n) is 3.54. The zero-order valence-electron chi connectivity index (χ0n) is 9.27. The summed E-state index contributed by atoms with van der Waals surface area (Å²) >= 11 is 0. The number of hydrogen-bond donors (Lipinski definition) is 2. The number of halogens is 4. The molecular weight excluding hydrogens is 240 g/mol. The van der Waals surface area contributed by atoms with Gasteiger partial charge in [-0.3, -0.25) is 0 Å². The Bertz CT molecular complexity index is 408. The highest BCUT2D eigenvalue weighted by atomic mass is 19.3. The van der Waals surface area contributed by atoms with Crippen LogP contribution in [0.1, 0.15) is 11.4 Å². The summed E-state index contributed by atoms with van der Waals surface area (Å²) in [5.41, 5.74) is 5.84. The lowest BCUT2D eigenvalue weighted by Gasteiger charge is -2.17. The van der Waals surface area contributed by atoms with E-state index in [-0.39, 0.29) is 17.5 Å². The molecule has 0 bridgehead atoms. The van der Waals surface area contributed by atoms with Gasteiger partial charge in [-0.05, 0) is 13.8 Å². The standard InChI is InChI=1S/C9H12F4N4/c1-4-6(14)16-5(2)17-7(4)15-3-9(12,13)8(10)11/h8H,3H2,1-2H3,(H3,14,15,16,17). The van der Waals surface area contributed by atoms with Crippen LogP contribution in [-0.4, -0.2) is 28.9 Å². The van der Waals surface area contributed by atoms with Crippen LogP contribution in [0.4, 0.5) is 29.2 Å². The monoisotopic (exact) mass is 252 g/mol. The molecule has 0 radical (unpaired) electrons. The number of aromatic nitrogens is 2. The van der Waals surface area contributed by atoms with Gasteiger partial charge in [0.05, 0.1) is 6.54 Å². The second kappa shape index (κ2) is 4.72. The molecule has 1 heterocycles. The Morgan fingerprint density at radius 2 is 1.88 bits per heavy atom. The predicted molar refractivity (Wildman–Crippen MR) is 55.4 cm³/mol. The molecule has 8 heteroatoms. The lowest BCUT2D eigenvalue weighted by molar-refractivity contribution is -0.117. The van der Waals surface area contributed by atoms with E-state index in [9.17, 15) is 17.6 Å². The molecule has 1 aromatic rings. The minimum absolute atomic E-state index is 0.0373. The lowest BCUT2D eigenvalue weighted by Crippen LogP contribution is -2.35. The van der Waals surface area contributed by atoms with Crippen LogP contribution in [-0.2, 0) is 0 Å². The van der Waals surface area contributed by atoms with E-state index in [1.807, 2.05) is 0 Å². The maximum absolute atomic E-state index is 12.7. The van der Waals surface area contributed by atoms with Crippen molar-refractivity contribution < 1.29 is 17.6 Å². The van der Waals surface area contributed by atoms with Gasteiger partial charge in [-0.1, -0.05) is 0 Å². The van der Waals surface area contributed by atoms with Crippen LogP contribution in [0.15, 0.2) is 0 Å². The molecule has 1 aromatic heterocycles. The zero-order valence-corrected chi connectivity index (χ0v) is 9.27. The van der Waals surface area contributed by atoms with Gasteiger partial charge in [-0.25, -0.2) is 18.7 Å². The minimum atomic E-state index is -4.11. The van der Waals surface area contributed by atoms with Crippen molar-refractivity contribution in [3.05, 3.63) is 11.4 Å². The molecule has 0 amide bonds. The number of alkyl halides is 4. The molecule has 0 aliphatic rings. The molecule has 0 saturated heterocycles. The van der Waals surface area contributed by atoms with Crippen molar-refractivity contribution in [2.45, 2.75) is 26.2 Å². The minimum Gasteiger partial charge on any atom is -0.383 e. The van der Waals surface area contributed by atoms with E-state index in [0.29, 0.717) is 5.56 Å². The molecule has 17 heavy (non-hydrogen) atoms. The maximum Gasteiger partial charge on any atom is 0.324 e. The Hall–Kier alpha value is -1.60. The highest BCUT2D eigenvalue weighted by molar-refractivity contribution is 5.54. The third-order valence-electron chi connectivity index (χ3n) is 2.11. The van der Waals surface area contributed by atoms with E-state index >= 15 is 0 Å². The summed E-state index contributed by atoms with van der Waals surface area (Å²) in [5.74, 6) is -3.67. The first-order chi connectivity index (χ1) is 7.74. The first-order valence-electron chi connectivity index (χ1n) is 4.74. The zero-order chi connectivity index (χ0) is 13.2. The Morgan fingerprint density at radius 3 is 2.41 bits per heavy atom. The number of nitrogen functional groups attached to an aromatic ring is 1. The van der Waals surface area contributed by atoms with Crippen molar-refractivity contribution in [2.75, 3.05) is 17.6 Å². The van der Waals surface area contributed by atoms with Crippen LogP contribution in [0, 0.1) is 13.8 Å². The third-order valence-corrected chi connectivity index (χ3v) is 2.11. The van der Waals surface area contributed by atoms with Gasteiger partial charge in [0.1, 0.15) is 17.5 Å².